The van der Waals surface area contributed by atoms with Gasteiger partial charge in [-0.25, -0.2) is 14.4 Å². The van der Waals surface area contributed by atoms with Gasteiger partial charge < -0.3 is 15.2 Å². The summed E-state index contributed by atoms with van der Waals surface area (Å²) in [5.74, 6) is 1.01. The molecule has 0 aliphatic rings. The Labute approximate surface area is 174 Å². The van der Waals surface area contributed by atoms with E-state index in [9.17, 15) is 4.39 Å². The number of benzene rings is 2. The van der Waals surface area contributed by atoms with Crippen molar-refractivity contribution in [2.45, 2.75) is 12.7 Å². The molecule has 5 nitrogen and oxygen atoms in total. The second-order valence-electron chi connectivity index (χ2n) is 6.92. The van der Waals surface area contributed by atoms with E-state index in [0.29, 0.717) is 18.2 Å². The number of rotatable bonds is 8. The highest BCUT2D eigenvalue weighted by Gasteiger charge is 2.12. The van der Waals surface area contributed by atoms with Gasteiger partial charge in [0.1, 0.15) is 18.2 Å². The lowest BCUT2D eigenvalue weighted by atomic mass is 10.1. The number of anilines is 1. The van der Waals surface area contributed by atoms with Gasteiger partial charge in [-0.15, -0.1) is 0 Å². The second kappa shape index (κ2) is 9.33. The monoisotopic (exact) mass is 403 g/mol. The van der Waals surface area contributed by atoms with E-state index in [1.54, 1.807) is 12.3 Å². The minimum absolute atomic E-state index is 0.161. The molecule has 2 aromatic carbocycles. The van der Waals surface area contributed by atoms with Gasteiger partial charge in [0.15, 0.2) is 6.10 Å². The summed E-state index contributed by atoms with van der Waals surface area (Å²) in [6.07, 6.45) is 1.00. The summed E-state index contributed by atoms with van der Waals surface area (Å²) in [5, 5.41) is 0.964. The summed E-state index contributed by atoms with van der Waals surface area (Å²) in [5.41, 5.74) is 9.09. The van der Waals surface area contributed by atoms with Gasteiger partial charge in [-0.1, -0.05) is 36.4 Å². The topological polar surface area (TPSA) is 70.3 Å². The van der Waals surface area contributed by atoms with Crippen molar-refractivity contribution < 1.29 is 13.9 Å². The van der Waals surface area contributed by atoms with Gasteiger partial charge in [0, 0.05) is 23.2 Å². The van der Waals surface area contributed by atoms with E-state index in [1.165, 1.54) is 0 Å². The fourth-order valence-electron chi connectivity index (χ4n) is 3.07. The molecule has 0 aliphatic heterocycles. The standard InChI is InChI=1S/C24H22FN3O2/c25-13-21(16-29-15-17-4-2-1-3-5-17)30-20-9-6-18-7-10-22(28-23(18)12-20)19-8-11-24(26)27-14-19/h1-12,14,21H,13,15-16H2,(H2,26,27). The van der Waals surface area contributed by atoms with Crippen LogP contribution in [0.5, 0.6) is 5.75 Å². The van der Waals surface area contributed by atoms with E-state index >= 15 is 0 Å². The first-order valence-electron chi connectivity index (χ1n) is 9.68. The van der Waals surface area contributed by atoms with Gasteiger partial charge in [0.25, 0.3) is 0 Å². The predicted octanol–water partition coefficient (Wildman–Crippen LogP) is 4.81. The third-order valence-corrected chi connectivity index (χ3v) is 4.64. The maximum Gasteiger partial charge on any atom is 0.150 e. The highest BCUT2D eigenvalue weighted by Crippen LogP contribution is 2.25. The van der Waals surface area contributed by atoms with Crippen LogP contribution in [0, 0.1) is 0 Å². The van der Waals surface area contributed by atoms with Crippen LogP contribution in [-0.2, 0) is 11.3 Å². The van der Waals surface area contributed by atoms with Gasteiger partial charge in [-0.3, -0.25) is 0 Å². The normalized spacial score (nSPS) is 12.0. The molecule has 0 aliphatic carbocycles. The summed E-state index contributed by atoms with van der Waals surface area (Å²) in [7, 11) is 0. The molecule has 6 heteroatoms. The smallest absolute Gasteiger partial charge is 0.150 e. The lowest BCUT2D eigenvalue weighted by Crippen LogP contribution is -2.25. The lowest BCUT2D eigenvalue weighted by Gasteiger charge is -2.17. The summed E-state index contributed by atoms with van der Waals surface area (Å²) < 4.78 is 24.9. The summed E-state index contributed by atoms with van der Waals surface area (Å²) in [4.78, 5) is 8.80. The van der Waals surface area contributed by atoms with Crippen LogP contribution >= 0.6 is 0 Å². The largest absolute Gasteiger partial charge is 0.485 e. The molecule has 4 aromatic rings. The molecule has 0 saturated carbocycles. The Morgan fingerprint density at radius 2 is 1.80 bits per heavy atom. The van der Waals surface area contributed by atoms with Crippen LogP contribution in [0.1, 0.15) is 5.56 Å². The third-order valence-electron chi connectivity index (χ3n) is 4.64. The van der Waals surface area contributed by atoms with E-state index in [-0.39, 0.29) is 6.61 Å². The van der Waals surface area contributed by atoms with Crippen LogP contribution in [0.4, 0.5) is 10.2 Å². The highest BCUT2D eigenvalue weighted by molar-refractivity contribution is 5.82. The van der Waals surface area contributed by atoms with Crippen molar-refractivity contribution in [3.05, 3.63) is 84.6 Å². The molecule has 0 radical (unpaired) electrons. The zero-order valence-corrected chi connectivity index (χ0v) is 16.4. The van der Waals surface area contributed by atoms with Gasteiger partial charge in [0.2, 0.25) is 0 Å². The van der Waals surface area contributed by atoms with Crippen molar-refractivity contribution in [2.24, 2.45) is 0 Å². The highest BCUT2D eigenvalue weighted by atomic mass is 19.1. The number of nitrogens with zero attached hydrogens (tertiary/aromatic N) is 2. The third kappa shape index (κ3) is 4.90. The Morgan fingerprint density at radius 1 is 0.967 bits per heavy atom. The Kier molecular flexibility index (Phi) is 6.15. The van der Waals surface area contributed by atoms with Crippen LogP contribution in [0.15, 0.2) is 79.0 Å². The molecule has 152 valence electrons. The lowest BCUT2D eigenvalue weighted by molar-refractivity contribution is 0.0298. The van der Waals surface area contributed by atoms with Crippen LogP contribution < -0.4 is 10.5 Å². The number of hydrogen-bond donors (Lipinski definition) is 1. The van der Waals surface area contributed by atoms with Crippen LogP contribution in [0.2, 0.25) is 0 Å². The van der Waals surface area contributed by atoms with Crippen molar-refractivity contribution in [1.82, 2.24) is 9.97 Å². The maximum absolute atomic E-state index is 13.5. The molecule has 0 spiro atoms. The average Bonchev–Trinajstić information content (AvgIpc) is 2.79. The Balaban J connectivity index is 1.45. The van der Waals surface area contributed by atoms with Crippen molar-refractivity contribution in [3.8, 4) is 17.0 Å². The van der Waals surface area contributed by atoms with Crippen molar-refractivity contribution in [3.63, 3.8) is 0 Å². The van der Waals surface area contributed by atoms with Gasteiger partial charge in [-0.05, 0) is 35.9 Å². The number of alkyl halides is 1. The second-order valence-corrected chi connectivity index (χ2v) is 6.92. The quantitative estimate of drug-likeness (QED) is 0.457. The van der Waals surface area contributed by atoms with Gasteiger partial charge in [-0.2, -0.15) is 0 Å². The SMILES string of the molecule is Nc1ccc(-c2ccc3ccc(OC(CF)COCc4ccccc4)cc3n2)cn1. The first kappa shape index (κ1) is 19.8. The molecule has 0 fully saturated rings. The number of pyridine rings is 2. The number of aromatic nitrogens is 2. The summed E-state index contributed by atoms with van der Waals surface area (Å²) >= 11 is 0. The molecule has 30 heavy (non-hydrogen) atoms. The number of ether oxygens (including phenoxy) is 2. The molecule has 1 atom stereocenters. The number of hydrogen-bond acceptors (Lipinski definition) is 5. The van der Waals surface area contributed by atoms with E-state index < -0.39 is 12.8 Å². The number of nitrogen functional groups attached to an aromatic ring is 1. The Bertz CT molecular complexity index is 1100. The van der Waals surface area contributed by atoms with Crippen molar-refractivity contribution in [2.75, 3.05) is 19.0 Å². The minimum Gasteiger partial charge on any atom is -0.485 e. The molecule has 4 rings (SSSR count). The van der Waals surface area contributed by atoms with Gasteiger partial charge in [0.05, 0.1) is 24.4 Å². The molecule has 2 heterocycles. The van der Waals surface area contributed by atoms with E-state index in [2.05, 4.69) is 9.97 Å². The maximum atomic E-state index is 13.5. The molecule has 0 saturated heterocycles. The van der Waals surface area contributed by atoms with E-state index in [1.807, 2.05) is 66.7 Å². The molecular formula is C24H22FN3O2. The fraction of sp³-hybridized carbons (Fsp3) is 0.167. The van der Waals surface area contributed by atoms with Crippen LogP contribution in [-0.4, -0.2) is 29.4 Å². The number of halogens is 1. The number of fused-ring (bicyclic) bond motifs is 1. The minimum atomic E-state index is -0.685. The van der Waals surface area contributed by atoms with Crippen LogP contribution in [0.3, 0.4) is 0 Å². The first-order chi connectivity index (χ1) is 14.7. The molecule has 2 N–H and O–H groups in total. The molecular weight excluding hydrogens is 381 g/mol. The van der Waals surface area contributed by atoms with Crippen molar-refractivity contribution >= 4 is 16.7 Å². The zero-order valence-electron chi connectivity index (χ0n) is 16.4. The van der Waals surface area contributed by atoms with E-state index in [4.69, 9.17) is 15.2 Å². The predicted molar refractivity (Wildman–Crippen MR) is 116 cm³/mol. The molecule has 0 bridgehead atoms. The molecule has 0 amide bonds. The first-order valence-corrected chi connectivity index (χ1v) is 9.68. The van der Waals surface area contributed by atoms with Crippen LogP contribution in [0.25, 0.3) is 22.2 Å². The summed E-state index contributed by atoms with van der Waals surface area (Å²) in [6.45, 7) is -0.0651. The number of nitrogens with two attached hydrogens (primary N) is 1. The molecule has 1 unspecified atom stereocenters. The van der Waals surface area contributed by atoms with Gasteiger partial charge >= 0.3 is 0 Å². The molecule has 2 aromatic heterocycles. The van der Waals surface area contributed by atoms with Crippen molar-refractivity contribution in [1.29, 1.82) is 0 Å². The Hall–Kier alpha value is -3.51. The summed E-state index contributed by atoms with van der Waals surface area (Å²) in [6, 6.07) is 22.8. The average molecular weight is 403 g/mol. The van der Waals surface area contributed by atoms with E-state index in [0.717, 1.165) is 27.7 Å². The fourth-order valence-corrected chi connectivity index (χ4v) is 3.07. The zero-order chi connectivity index (χ0) is 20.8. The Morgan fingerprint density at radius 3 is 2.57 bits per heavy atom.